The van der Waals surface area contributed by atoms with Crippen molar-refractivity contribution >= 4 is 11.9 Å². The van der Waals surface area contributed by atoms with E-state index in [-0.39, 0.29) is 5.78 Å². The van der Waals surface area contributed by atoms with E-state index in [1.165, 1.54) is 6.92 Å². The minimum absolute atomic E-state index is 0.0451. The molecule has 0 saturated carbocycles. The van der Waals surface area contributed by atoms with Gasteiger partial charge in [0.1, 0.15) is 0 Å². The van der Waals surface area contributed by atoms with Gasteiger partial charge in [0, 0.05) is 17.5 Å². The van der Waals surface area contributed by atoms with Gasteiger partial charge in [-0.05, 0) is 25.5 Å². The Bertz CT molecular complexity index is 329. The van der Waals surface area contributed by atoms with E-state index in [2.05, 4.69) is 11.6 Å². The molecule has 1 aromatic heterocycles. The van der Waals surface area contributed by atoms with Gasteiger partial charge in [0.25, 0.3) is 0 Å². The molecule has 0 atom stereocenters. The van der Waals surface area contributed by atoms with E-state index in [9.17, 15) is 4.79 Å². The van der Waals surface area contributed by atoms with Gasteiger partial charge in [-0.2, -0.15) is 0 Å². The van der Waals surface area contributed by atoms with E-state index in [4.69, 9.17) is 0 Å². The zero-order chi connectivity index (χ0) is 9.14. The van der Waals surface area contributed by atoms with Gasteiger partial charge in [0.05, 0.1) is 0 Å². The molecule has 2 heteroatoms. The molecule has 1 heterocycles. The molecular weight excluding hydrogens is 150 g/mol. The largest absolute Gasteiger partial charge is 0.294 e. The Balaban J connectivity index is 3.25. The summed E-state index contributed by atoms with van der Waals surface area (Å²) < 4.78 is 0. The van der Waals surface area contributed by atoms with Crippen LogP contribution in [0.4, 0.5) is 0 Å². The summed E-state index contributed by atoms with van der Waals surface area (Å²) in [5.74, 6) is 0.0451. The predicted octanol–water partition coefficient (Wildman–Crippen LogP) is 2.24. The van der Waals surface area contributed by atoms with Crippen LogP contribution in [0.25, 0.3) is 6.08 Å². The molecule has 0 aliphatic rings. The van der Waals surface area contributed by atoms with E-state index in [0.29, 0.717) is 5.56 Å². The summed E-state index contributed by atoms with van der Waals surface area (Å²) >= 11 is 0. The number of aryl methyl sites for hydroxylation is 1. The maximum Gasteiger partial charge on any atom is 0.161 e. The van der Waals surface area contributed by atoms with E-state index in [1.807, 2.05) is 6.92 Å². The molecule has 0 aliphatic carbocycles. The van der Waals surface area contributed by atoms with Crippen molar-refractivity contribution in [2.24, 2.45) is 0 Å². The molecule has 0 unspecified atom stereocenters. The third-order valence-electron chi connectivity index (χ3n) is 1.72. The standard InChI is InChI=1S/C10H11NO/c1-4-9-5-10(8(3)12)7(2)11-6-9/h4-6H,1H2,2-3H3. The van der Waals surface area contributed by atoms with Crippen LogP contribution in [0.3, 0.4) is 0 Å². The number of hydrogen-bond acceptors (Lipinski definition) is 2. The second kappa shape index (κ2) is 3.30. The van der Waals surface area contributed by atoms with Crippen molar-refractivity contribution in [1.82, 2.24) is 4.98 Å². The summed E-state index contributed by atoms with van der Waals surface area (Å²) in [4.78, 5) is 15.1. The van der Waals surface area contributed by atoms with E-state index in [1.54, 1.807) is 18.3 Å². The maximum atomic E-state index is 11.1. The lowest BCUT2D eigenvalue weighted by Crippen LogP contribution is -1.98. The first kappa shape index (κ1) is 8.65. The normalized spacial score (nSPS) is 9.50. The number of Topliss-reactive ketones (excluding diaryl/α,β-unsaturated/α-hetero) is 1. The smallest absolute Gasteiger partial charge is 0.161 e. The quantitative estimate of drug-likeness (QED) is 0.622. The third-order valence-corrected chi connectivity index (χ3v) is 1.72. The topological polar surface area (TPSA) is 30.0 Å². The van der Waals surface area contributed by atoms with Crippen molar-refractivity contribution in [1.29, 1.82) is 0 Å². The molecule has 0 bridgehead atoms. The van der Waals surface area contributed by atoms with Crippen molar-refractivity contribution in [3.05, 3.63) is 35.7 Å². The zero-order valence-electron chi connectivity index (χ0n) is 7.29. The van der Waals surface area contributed by atoms with E-state index >= 15 is 0 Å². The van der Waals surface area contributed by atoms with Crippen LogP contribution in [0, 0.1) is 6.92 Å². The Kier molecular flexibility index (Phi) is 2.38. The molecule has 0 saturated heterocycles. The molecular formula is C10H11NO. The zero-order valence-corrected chi connectivity index (χ0v) is 7.29. The first-order valence-corrected chi connectivity index (χ1v) is 3.75. The van der Waals surface area contributed by atoms with Crippen LogP contribution in [0.1, 0.15) is 28.5 Å². The molecule has 0 aliphatic heterocycles. The number of ketones is 1. The van der Waals surface area contributed by atoms with Gasteiger partial charge < -0.3 is 0 Å². The van der Waals surface area contributed by atoms with Gasteiger partial charge >= 0.3 is 0 Å². The van der Waals surface area contributed by atoms with Crippen LogP contribution in [0.2, 0.25) is 0 Å². The van der Waals surface area contributed by atoms with Crippen molar-refractivity contribution in [2.75, 3.05) is 0 Å². The summed E-state index contributed by atoms with van der Waals surface area (Å²) in [6.45, 7) is 6.97. The average molecular weight is 161 g/mol. The number of hydrogen-bond donors (Lipinski definition) is 0. The van der Waals surface area contributed by atoms with Crippen LogP contribution >= 0.6 is 0 Å². The minimum atomic E-state index is 0.0451. The highest BCUT2D eigenvalue weighted by Gasteiger charge is 2.04. The molecule has 0 aromatic carbocycles. The number of carbonyl (C=O) groups is 1. The van der Waals surface area contributed by atoms with Crippen molar-refractivity contribution < 1.29 is 4.79 Å². The lowest BCUT2D eigenvalue weighted by molar-refractivity contribution is 0.101. The number of nitrogens with zero attached hydrogens (tertiary/aromatic N) is 1. The van der Waals surface area contributed by atoms with Gasteiger partial charge in [-0.25, -0.2) is 0 Å². The molecule has 0 fully saturated rings. The number of carbonyl (C=O) groups excluding carboxylic acids is 1. The summed E-state index contributed by atoms with van der Waals surface area (Å²) in [6.07, 6.45) is 3.38. The molecule has 0 amide bonds. The summed E-state index contributed by atoms with van der Waals surface area (Å²) in [5.41, 5.74) is 2.33. The SMILES string of the molecule is C=Cc1cnc(C)c(C(C)=O)c1. The van der Waals surface area contributed by atoms with E-state index in [0.717, 1.165) is 11.3 Å². The molecule has 12 heavy (non-hydrogen) atoms. The fourth-order valence-corrected chi connectivity index (χ4v) is 1.02. The average Bonchev–Trinajstić information content (AvgIpc) is 2.05. The molecule has 1 rings (SSSR count). The molecule has 0 N–H and O–H groups in total. The molecule has 0 spiro atoms. The first-order valence-electron chi connectivity index (χ1n) is 3.75. The fourth-order valence-electron chi connectivity index (χ4n) is 1.02. The first-order chi connectivity index (χ1) is 5.65. The van der Waals surface area contributed by atoms with Gasteiger partial charge in [0.2, 0.25) is 0 Å². The molecule has 0 radical (unpaired) electrons. The van der Waals surface area contributed by atoms with Crippen LogP contribution in [0.5, 0.6) is 0 Å². The minimum Gasteiger partial charge on any atom is -0.294 e. The van der Waals surface area contributed by atoms with Crippen molar-refractivity contribution in [2.45, 2.75) is 13.8 Å². The predicted molar refractivity (Wildman–Crippen MR) is 49.1 cm³/mol. The van der Waals surface area contributed by atoms with Gasteiger partial charge in [-0.3, -0.25) is 9.78 Å². The van der Waals surface area contributed by atoms with Crippen LogP contribution in [-0.4, -0.2) is 10.8 Å². The maximum absolute atomic E-state index is 11.1. The number of pyridine rings is 1. The highest BCUT2D eigenvalue weighted by Crippen LogP contribution is 2.09. The van der Waals surface area contributed by atoms with Crippen LogP contribution < -0.4 is 0 Å². The lowest BCUT2D eigenvalue weighted by atomic mass is 10.1. The Morgan fingerprint density at radius 3 is 2.83 bits per heavy atom. The summed E-state index contributed by atoms with van der Waals surface area (Å²) in [6, 6.07) is 1.80. The van der Waals surface area contributed by atoms with Gasteiger partial charge in [-0.1, -0.05) is 12.7 Å². The second-order valence-corrected chi connectivity index (χ2v) is 2.66. The number of aromatic nitrogens is 1. The monoisotopic (exact) mass is 161 g/mol. The third kappa shape index (κ3) is 1.59. The van der Waals surface area contributed by atoms with Crippen molar-refractivity contribution in [3.63, 3.8) is 0 Å². The highest BCUT2D eigenvalue weighted by molar-refractivity contribution is 5.95. The Labute approximate surface area is 71.9 Å². The second-order valence-electron chi connectivity index (χ2n) is 2.66. The van der Waals surface area contributed by atoms with Crippen LogP contribution in [-0.2, 0) is 0 Å². The van der Waals surface area contributed by atoms with E-state index < -0.39 is 0 Å². The Hall–Kier alpha value is -1.44. The highest BCUT2D eigenvalue weighted by atomic mass is 16.1. The Morgan fingerprint density at radius 2 is 2.33 bits per heavy atom. The van der Waals surface area contributed by atoms with Crippen molar-refractivity contribution in [3.8, 4) is 0 Å². The fraction of sp³-hybridized carbons (Fsp3) is 0.200. The molecule has 1 aromatic rings. The summed E-state index contributed by atoms with van der Waals surface area (Å²) in [7, 11) is 0. The van der Waals surface area contributed by atoms with Gasteiger partial charge in [0.15, 0.2) is 5.78 Å². The summed E-state index contributed by atoms with van der Waals surface area (Å²) in [5, 5.41) is 0. The molecule has 62 valence electrons. The number of rotatable bonds is 2. The van der Waals surface area contributed by atoms with Crippen LogP contribution in [0.15, 0.2) is 18.8 Å². The van der Waals surface area contributed by atoms with Gasteiger partial charge in [-0.15, -0.1) is 0 Å². The molecule has 2 nitrogen and oxygen atoms in total. The lowest BCUT2D eigenvalue weighted by Gasteiger charge is -2.01. The Morgan fingerprint density at radius 1 is 1.67 bits per heavy atom.